The average molecular weight is 283 g/mol. The van der Waals surface area contributed by atoms with E-state index in [2.05, 4.69) is 40.9 Å². The predicted molar refractivity (Wildman–Crippen MR) is 75.7 cm³/mol. The lowest BCUT2D eigenvalue weighted by molar-refractivity contribution is 0.201. The van der Waals surface area contributed by atoms with Crippen molar-refractivity contribution in [3.63, 3.8) is 0 Å². The molecule has 3 rings (SSSR count). The maximum Gasteiger partial charge on any atom is 0.107 e. The molecule has 0 spiro atoms. The summed E-state index contributed by atoms with van der Waals surface area (Å²) < 4.78 is 0. The fourth-order valence-electron chi connectivity index (χ4n) is 3.23. The van der Waals surface area contributed by atoms with Gasteiger partial charge in [-0.05, 0) is 39.0 Å². The van der Waals surface area contributed by atoms with Crippen LogP contribution >= 0.6 is 0 Å². The highest BCUT2D eigenvalue weighted by molar-refractivity contribution is 6.19. The zero-order chi connectivity index (χ0) is 14.5. The van der Waals surface area contributed by atoms with E-state index in [4.69, 9.17) is 0 Å². The molecule has 0 aliphatic carbocycles. The molecule has 3 aliphatic heterocycles. The Morgan fingerprint density at radius 3 is 1.20 bits per heavy atom. The van der Waals surface area contributed by atoms with E-state index in [0.29, 0.717) is 0 Å². The minimum Gasteiger partial charge on any atom is -0.178 e. The van der Waals surface area contributed by atoms with Gasteiger partial charge in [0.15, 0.2) is 0 Å². The summed E-state index contributed by atoms with van der Waals surface area (Å²) in [6.45, 7) is 6.02. The molecule has 3 atom stereocenters. The lowest BCUT2D eigenvalue weighted by Crippen LogP contribution is -2.60. The Morgan fingerprint density at radius 2 is 1.00 bits per heavy atom. The molecular weight excluding hydrogens is 268 g/mol. The van der Waals surface area contributed by atoms with Crippen molar-refractivity contribution < 1.29 is 0 Å². The smallest absolute Gasteiger partial charge is 0.107 e. The van der Waals surface area contributed by atoms with Crippen LogP contribution in [0.15, 0.2) is 67.5 Å². The third-order valence-electron chi connectivity index (χ3n) is 4.47. The van der Waals surface area contributed by atoms with Gasteiger partial charge in [-0.2, -0.15) is 30.7 Å². The third kappa shape index (κ3) is 1.38. The summed E-state index contributed by atoms with van der Waals surface area (Å²) in [6, 6.07) is 0. The summed E-state index contributed by atoms with van der Waals surface area (Å²) in [6.07, 6.45) is 11.0. The second-order valence-corrected chi connectivity index (χ2v) is 6.54. The number of hydrogen-bond donors (Lipinski definition) is 0. The zero-order valence-electron chi connectivity index (χ0n) is 11.6. The Balaban J connectivity index is 2.24. The fourth-order valence-corrected chi connectivity index (χ4v) is 3.63. The highest BCUT2D eigenvalue weighted by Gasteiger charge is 2.66. The second kappa shape index (κ2) is 3.88. The molecule has 3 heterocycles. The van der Waals surface area contributed by atoms with E-state index in [1.165, 1.54) is 0 Å². The van der Waals surface area contributed by atoms with Crippen LogP contribution in [-0.2, 0) is 0 Å². The van der Waals surface area contributed by atoms with Crippen molar-refractivity contribution in [3.8, 4) is 0 Å². The molecule has 0 saturated heterocycles. The Kier molecular flexibility index (Phi) is 2.56. The van der Waals surface area contributed by atoms with Crippen molar-refractivity contribution in [2.75, 3.05) is 0 Å². The number of hydrogen-bond acceptors (Lipinski definition) is 6. The van der Waals surface area contributed by atoms with E-state index < -0.39 is 21.7 Å². The normalized spacial score (nSPS) is 43.8. The van der Waals surface area contributed by atoms with Crippen LogP contribution in [0, 0.1) is 0 Å². The van der Waals surface area contributed by atoms with E-state index in [1.54, 1.807) is 18.6 Å². The highest BCUT2D eigenvalue weighted by atomic mass is 28.1. The van der Waals surface area contributed by atoms with Crippen LogP contribution < -0.4 is 0 Å². The molecule has 0 amide bonds. The van der Waals surface area contributed by atoms with Crippen molar-refractivity contribution >= 4 is 10.2 Å². The van der Waals surface area contributed by atoms with Gasteiger partial charge in [0.1, 0.15) is 16.6 Å². The molecule has 101 valence electrons. The van der Waals surface area contributed by atoms with Gasteiger partial charge in [-0.25, -0.2) is 0 Å². The molecule has 7 heteroatoms. The maximum atomic E-state index is 4.41. The van der Waals surface area contributed by atoms with Gasteiger partial charge in [0.05, 0.1) is 0 Å². The van der Waals surface area contributed by atoms with Gasteiger partial charge in [0.25, 0.3) is 0 Å². The van der Waals surface area contributed by atoms with Crippen molar-refractivity contribution in [3.05, 3.63) is 36.8 Å². The quantitative estimate of drug-likeness (QED) is 0.711. The fraction of sp³-hybridized carbons (Fsp3) is 0.538. The monoisotopic (exact) mass is 283 g/mol. The Bertz CT molecular complexity index is 493. The van der Waals surface area contributed by atoms with Gasteiger partial charge >= 0.3 is 0 Å². The first kappa shape index (κ1) is 13.2. The minimum absolute atomic E-state index is 0.616. The van der Waals surface area contributed by atoms with E-state index in [1.807, 2.05) is 39.0 Å². The summed E-state index contributed by atoms with van der Waals surface area (Å²) >= 11 is 0. The highest BCUT2D eigenvalue weighted by Crippen LogP contribution is 2.62. The first-order chi connectivity index (χ1) is 9.37. The number of nitrogens with zero attached hydrogens (tertiary/aromatic N) is 6. The van der Waals surface area contributed by atoms with Gasteiger partial charge < -0.3 is 0 Å². The predicted octanol–water partition coefficient (Wildman–Crippen LogP) is 3.53. The summed E-state index contributed by atoms with van der Waals surface area (Å²) in [5.41, 5.74) is -1.85. The molecule has 0 aromatic carbocycles. The van der Waals surface area contributed by atoms with Crippen LogP contribution in [0.4, 0.5) is 0 Å². The average Bonchev–Trinajstić information content (AvgIpc) is 3.12. The van der Waals surface area contributed by atoms with Crippen LogP contribution in [0.3, 0.4) is 0 Å². The SMILES string of the molecule is CC1(C([Si])(C2(C)C=CN=N2)C2(C)C=CN=N2)C=CN=N1. The van der Waals surface area contributed by atoms with Crippen LogP contribution in [-0.4, -0.2) is 26.9 Å². The molecular formula is C13H15N6Si. The molecule has 3 unspecified atom stereocenters. The van der Waals surface area contributed by atoms with E-state index >= 15 is 0 Å². The lowest BCUT2D eigenvalue weighted by atomic mass is 9.62. The molecule has 3 radical (unpaired) electrons. The number of azo groups is 3. The van der Waals surface area contributed by atoms with Gasteiger partial charge in [-0.1, -0.05) is 0 Å². The largest absolute Gasteiger partial charge is 0.178 e. The Morgan fingerprint density at radius 1 is 0.700 bits per heavy atom. The minimum atomic E-state index is -0.684. The summed E-state index contributed by atoms with van der Waals surface area (Å²) in [7, 11) is 3.99. The molecule has 0 N–H and O–H groups in total. The van der Waals surface area contributed by atoms with Gasteiger partial charge in [-0.15, -0.1) is 0 Å². The zero-order valence-corrected chi connectivity index (χ0v) is 12.6. The van der Waals surface area contributed by atoms with E-state index in [9.17, 15) is 0 Å². The molecule has 0 fully saturated rings. The topological polar surface area (TPSA) is 74.2 Å². The third-order valence-corrected chi connectivity index (χ3v) is 5.99. The summed E-state index contributed by atoms with van der Waals surface area (Å²) in [5.74, 6) is 0. The second-order valence-electron chi connectivity index (χ2n) is 5.79. The molecule has 20 heavy (non-hydrogen) atoms. The van der Waals surface area contributed by atoms with Crippen LogP contribution in [0.1, 0.15) is 20.8 Å². The number of rotatable bonds is 3. The summed E-state index contributed by atoms with van der Waals surface area (Å²) in [5, 5.41) is 24.6. The molecule has 0 aromatic heterocycles. The van der Waals surface area contributed by atoms with E-state index in [0.717, 1.165) is 0 Å². The molecule has 0 aromatic rings. The Hall–Kier alpha value is -1.76. The van der Waals surface area contributed by atoms with Crippen molar-refractivity contribution in [1.29, 1.82) is 0 Å². The lowest BCUT2D eigenvalue weighted by Gasteiger charge is -2.53. The van der Waals surface area contributed by atoms with Gasteiger partial charge in [0, 0.05) is 33.9 Å². The molecule has 6 nitrogen and oxygen atoms in total. The van der Waals surface area contributed by atoms with Crippen LogP contribution in [0.5, 0.6) is 0 Å². The van der Waals surface area contributed by atoms with E-state index in [-0.39, 0.29) is 0 Å². The standard InChI is InChI=1S/C13H15N6Si/c1-10(4-7-14-17-10)13(20,11(2)5-8-15-18-11)12(3)6-9-16-19-12/h4-9H,1-3H3. The van der Waals surface area contributed by atoms with Gasteiger partial charge in [-0.3, -0.25) is 0 Å². The summed E-state index contributed by atoms with van der Waals surface area (Å²) in [4.78, 5) is 0. The van der Waals surface area contributed by atoms with Crippen LogP contribution in [0.2, 0.25) is 5.04 Å². The Labute approximate surface area is 121 Å². The first-order valence-corrected chi connectivity index (χ1v) is 6.91. The molecule has 3 aliphatic rings. The van der Waals surface area contributed by atoms with Gasteiger partial charge in [0.2, 0.25) is 0 Å². The van der Waals surface area contributed by atoms with Crippen LogP contribution in [0.25, 0.3) is 0 Å². The first-order valence-electron chi connectivity index (χ1n) is 6.41. The molecule has 0 bridgehead atoms. The van der Waals surface area contributed by atoms with Crippen molar-refractivity contribution in [1.82, 2.24) is 0 Å². The molecule has 0 saturated carbocycles. The van der Waals surface area contributed by atoms with Crippen molar-refractivity contribution in [2.45, 2.75) is 42.4 Å². The maximum absolute atomic E-state index is 4.41. The van der Waals surface area contributed by atoms with Crippen molar-refractivity contribution in [2.24, 2.45) is 30.7 Å².